The van der Waals surface area contributed by atoms with Crippen LogP contribution in [0.2, 0.25) is 0 Å². The molecule has 0 fully saturated rings. The molecule has 0 unspecified atom stereocenters. The number of anilines is 1. The van der Waals surface area contributed by atoms with Crippen molar-refractivity contribution in [2.75, 3.05) is 24.6 Å². The second kappa shape index (κ2) is 6.91. The summed E-state index contributed by atoms with van der Waals surface area (Å²) in [5.41, 5.74) is 2.18. The number of aliphatic hydroxyl groups excluding tert-OH is 1. The predicted molar refractivity (Wildman–Crippen MR) is 67.3 cm³/mol. The summed E-state index contributed by atoms with van der Waals surface area (Å²) >= 11 is 0. The number of benzene rings is 1. The first-order valence-corrected chi connectivity index (χ1v) is 5.77. The van der Waals surface area contributed by atoms with Gasteiger partial charge >= 0.3 is 5.97 Å². The Morgan fingerprint density at radius 3 is 2.41 bits per heavy atom. The highest BCUT2D eigenvalue weighted by Crippen LogP contribution is 2.15. The predicted octanol–water partition coefficient (Wildman–Crippen LogP) is 1.66. The molecule has 0 saturated heterocycles. The van der Waals surface area contributed by atoms with Crippen LogP contribution in [0, 0.1) is 6.92 Å². The number of carboxylic acids is 1. The average Bonchev–Trinajstić information content (AvgIpc) is 2.30. The summed E-state index contributed by atoms with van der Waals surface area (Å²) < 4.78 is 0. The van der Waals surface area contributed by atoms with Crippen LogP contribution in [-0.4, -0.2) is 35.9 Å². The highest BCUT2D eigenvalue weighted by atomic mass is 16.4. The van der Waals surface area contributed by atoms with Gasteiger partial charge in [-0.1, -0.05) is 17.7 Å². The van der Waals surface area contributed by atoms with Crippen molar-refractivity contribution in [3.63, 3.8) is 0 Å². The Morgan fingerprint density at radius 1 is 1.24 bits per heavy atom. The molecule has 0 saturated carbocycles. The van der Waals surface area contributed by atoms with Gasteiger partial charge in [0, 0.05) is 25.4 Å². The zero-order valence-electron chi connectivity index (χ0n) is 10.1. The molecule has 0 aliphatic rings. The normalized spacial score (nSPS) is 10.2. The van der Waals surface area contributed by atoms with E-state index in [0.29, 0.717) is 19.5 Å². The van der Waals surface area contributed by atoms with Gasteiger partial charge in [0.1, 0.15) is 0 Å². The van der Waals surface area contributed by atoms with E-state index in [0.717, 1.165) is 5.69 Å². The Balaban J connectivity index is 2.67. The van der Waals surface area contributed by atoms with E-state index in [2.05, 4.69) is 0 Å². The molecule has 0 aliphatic carbocycles. The van der Waals surface area contributed by atoms with Crippen LogP contribution in [0.5, 0.6) is 0 Å². The summed E-state index contributed by atoms with van der Waals surface area (Å²) in [4.78, 5) is 12.6. The fraction of sp³-hybridized carbons (Fsp3) is 0.462. The largest absolute Gasteiger partial charge is 0.481 e. The van der Waals surface area contributed by atoms with Crippen LogP contribution in [0.1, 0.15) is 18.4 Å². The van der Waals surface area contributed by atoms with Crippen molar-refractivity contribution in [1.82, 2.24) is 0 Å². The van der Waals surface area contributed by atoms with Gasteiger partial charge in [0.05, 0.1) is 6.42 Å². The lowest BCUT2D eigenvalue weighted by atomic mass is 10.2. The van der Waals surface area contributed by atoms with Crippen molar-refractivity contribution in [2.24, 2.45) is 0 Å². The van der Waals surface area contributed by atoms with E-state index in [1.54, 1.807) is 0 Å². The van der Waals surface area contributed by atoms with E-state index in [-0.39, 0.29) is 13.0 Å². The molecule has 0 radical (unpaired) electrons. The van der Waals surface area contributed by atoms with Crippen LogP contribution in [0.25, 0.3) is 0 Å². The SMILES string of the molecule is Cc1ccc(N(CCCO)CCC(=O)O)cc1. The molecule has 1 aromatic carbocycles. The minimum absolute atomic E-state index is 0.110. The monoisotopic (exact) mass is 237 g/mol. The Hall–Kier alpha value is -1.55. The second-order valence-electron chi connectivity index (χ2n) is 4.04. The Bertz CT molecular complexity index is 348. The number of aliphatic hydroxyl groups is 1. The number of hydrogen-bond donors (Lipinski definition) is 2. The molecule has 17 heavy (non-hydrogen) atoms. The summed E-state index contributed by atoms with van der Waals surface area (Å²) in [6, 6.07) is 7.97. The summed E-state index contributed by atoms with van der Waals surface area (Å²) in [5, 5.41) is 17.5. The van der Waals surface area contributed by atoms with Crippen LogP contribution in [0.3, 0.4) is 0 Å². The number of carbonyl (C=O) groups is 1. The van der Waals surface area contributed by atoms with Gasteiger partial charge in [0.25, 0.3) is 0 Å². The summed E-state index contributed by atoms with van der Waals surface area (Å²) in [6.45, 7) is 3.28. The van der Waals surface area contributed by atoms with Crippen molar-refractivity contribution < 1.29 is 15.0 Å². The smallest absolute Gasteiger partial charge is 0.305 e. The van der Waals surface area contributed by atoms with Crippen LogP contribution in [0.15, 0.2) is 24.3 Å². The summed E-state index contributed by atoms with van der Waals surface area (Å²) in [5.74, 6) is -0.800. The zero-order valence-corrected chi connectivity index (χ0v) is 10.1. The van der Waals surface area contributed by atoms with E-state index in [1.165, 1.54) is 5.56 Å². The van der Waals surface area contributed by atoms with Gasteiger partial charge in [-0.25, -0.2) is 0 Å². The molecule has 0 aromatic heterocycles. The van der Waals surface area contributed by atoms with E-state index in [4.69, 9.17) is 10.2 Å². The molecule has 1 aromatic rings. The number of aliphatic carboxylic acids is 1. The van der Waals surface area contributed by atoms with Crippen molar-refractivity contribution >= 4 is 11.7 Å². The first-order valence-electron chi connectivity index (χ1n) is 5.77. The number of carboxylic acid groups (broad SMARTS) is 1. The van der Waals surface area contributed by atoms with Crippen molar-refractivity contribution in [1.29, 1.82) is 0 Å². The number of rotatable bonds is 7. The maximum Gasteiger partial charge on any atom is 0.305 e. The minimum atomic E-state index is -0.800. The van der Waals surface area contributed by atoms with Crippen LogP contribution < -0.4 is 4.90 Å². The third-order valence-corrected chi connectivity index (χ3v) is 2.58. The van der Waals surface area contributed by atoms with E-state index in [1.807, 2.05) is 36.1 Å². The fourth-order valence-electron chi connectivity index (χ4n) is 1.62. The lowest BCUT2D eigenvalue weighted by Crippen LogP contribution is -2.27. The molecular weight excluding hydrogens is 218 g/mol. The molecule has 2 N–H and O–H groups in total. The van der Waals surface area contributed by atoms with Crippen LogP contribution in [-0.2, 0) is 4.79 Å². The van der Waals surface area contributed by atoms with Gasteiger partial charge in [0.15, 0.2) is 0 Å². The van der Waals surface area contributed by atoms with Gasteiger partial charge in [0.2, 0.25) is 0 Å². The average molecular weight is 237 g/mol. The Kier molecular flexibility index (Phi) is 5.49. The number of hydrogen-bond acceptors (Lipinski definition) is 3. The Labute approximate surface area is 101 Å². The van der Waals surface area contributed by atoms with Gasteiger partial charge < -0.3 is 15.1 Å². The lowest BCUT2D eigenvalue weighted by Gasteiger charge is -2.24. The molecule has 1 rings (SSSR count). The molecule has 0 amide bonds. The quantitative estimate of drug-likeness (QED) is 0.757. The maximum atomic E-state index is 10.6. The third kappa shape index (κ3) is 4.87. The maximum absolute atomic E-state index is 10.6. The minimum Gasteiger partial charge on any atom is -0.481 e. The molecule has 0 bridgehead atoms. The van der Waals surface area contributed by atoms with Crippen LogP contribution >= 0.6 is 0 Å². The van der Waals surface area contributed by atoms with Gasteiger partial charge in [-0.2, -0.15) is 0 Å². The zero-order chi connectivity index (χ0) is 12.7. The fourth-order valence-corrected chi connectivity index (χ4v) is 1.62. The molecule has 0 heterocycles. The van der Waals surface area contributed by atoms with Crippen molar-refractivity contribution in [2.45, 2.75) is 19.8 Å². The standard InChI is InChI=1S/C13H19NO3/c1-11-3-5-12(6-4-11)14(8-2-10-15)9-7-13(16)17/h3-6,15H,2,7-10H2,1H3,(H,16,17). The molecule has 4 heteroatoms. The number of aryl methyl sites for hydroxylation is 1. The molecule has 0 aliphatic heterocycles. The van der Waals surface area contributed by atoms with E-state index < -0.39 is 5.97 Å². The first kappa shape index (κ1) is 13.5. The Morgan fingerprint density at radius 2 is 1.88 bits per heavy atom. The lowest BCUT2D eigenvalue weighted by molar-refractivity contribution is -0.136. The van der Waals surface area contributed by atoms with Gasteiger partial charge in [-0.15, -0.1) is 0 Å². The van der Waals surface area contributed by atoms with Crippen molar-refractivity contribution in [3.05, 3.63) is 29.8 Å². The van der Waals surface area contributed by atoms with Gasteiger partial charge in [-0.3, -0.25) is 4.79 Å². The third-order valence-electron chi connectivity index (χ3n) is 2.58. The van der Waals surface area contributed by atoms with Gasteiger partial charge in [-0.05, 0) is 25.5 Å². The molecular formula is C13H19NO3. The van der Waals surface area contributed by atoms with E-state index in [9.17, 15) is 4.79 Å². The van der Waals surface area contributed by atoms with Crippen LogP contribution in [0.4, 0.5) is 5.69 Å². The highest BCUT2D eigenvalue weighted by Gasteiger charge is 2.08. The first-order chi connectivity index (χ1) is 8.13. The summed E-state index contributed by atoms with van der Waals surface area (Å²) in [7, 11) is 0. The molecule has 0 spiro atoms. The summed E-state index contributed by atoms with van der Waals surface area (Å²) in [6.07, 6.45) is 0.757. The molecule has 4 nitrogen and oxygen atoms in total. The molecule has 94 valence electrons. The second-order valence-corrected chi connectivity index (χ2v) is 4.04. The highest BCUT2D eigenvalue weighted by molar-refractivity contribution is 5.67. The molecule has 0 atom stereocenters. The number of nitrogens with zero attached hydrogens (tertiary/aromatic N) is 1. The van der Waals surface area contributed by atoms with E-state index >= 15 is 0 Å². The topological polar surface area (TPSA) is 60.8 Å². The van der Waals surface area contributed by atoms with Crippen molar-refractivity contribution in [3.8, 4) is 0 Å².